The van der Waals surface area contributed by atoms with Crippen LogP contribution in [0.2, 0.25) is 5.02 Å². The van der Waals surface area contributed by atoms with Crippen LogP contribution in [0.3, 0.4) is 0 Å². The molecular formula is C24H21ClFN5O. The number of anilines is 1. The Kier molecular flexibility index (Phi) is 6.58. The van der Waals surface area contributed by atoms with E-state index in [0.717, 1.165) is 11.1 Å². The van der Waals surface area contributed by atoms with Crippen LogP contribution in [0.25, 0.3) is 22.4 Å². The third kappa shape index (κ3) is 5.19. The Morgan fingerprint density at radius 3 is 2.53 bits per heavy atom. The maximum absolute atomic E-state index is 13.4. The quantitative estimate of drug-likeness (QED) is 0.391. The SMILES string of the molecule is NC(CNc1nc(-c2ccncc2)c(-c2ccc(F)cc2)c(=O)[nH]1)Cc1cccc(Cl)c1. The largest absolute Gasteiger partial charge is 0.354 e. The second-order valence-corrected chi connectivity index (χ2v) is 7.79. The molecule has 0 saturated heterocycles. The van der Waals surface area contributed by atoms with Crippen LogP contribution in [0.4, 0.5) is 10.3 Å². The molecule has 8 heteroatoms. The number of aromatic amines is 1. The van der Waals surface area contributed by atoms with Crippen LogP contribution in [0.5, 0.6) is 0 Å². The van der Waals surface area contributed by atoms with E-state index in [-0.39, 0.29) is 17.4 Å². The molecule has 4 aromatic rings. The minimum atomic E-state index is -0.379. The van der Waals surface area contributed by atoms with E-state index in [9.17, 15) is 9.18 Å². The van der Waals surface area contributed by atoms with Crippen molar-refractivity contribution in [2.24, 2.45) is 5.73 Å². The van der Waals surface area contributed by atoms with Gasteiger partial charge in [-0.15, -0.1) is 0 Å². The fourth-order valence-electron chi connectivity index (χ4n) is 3.43. The highest BCUT2D eigenvalue weighted by Crippen LogP contribution is 2.28. The van der Waals surface area contributed by atoms with Crippen LogP contribution in [0.1, 0.15) is 5.56 Å². The van der Waals surface area contributed by atoms with Crippen molar-refractivity contribution in [3.05, 3.63) is 99.8 Å². The first-order chi connectivity index (χ1) is 15.5. The summed E-state index contributed by atoms with van der Waals surface area (Å²) in [6, 6.07) is 16.6. The number of hydrogen-bond donors (Lipinski definition) is 3. The normalized spacial score (nSPS) is 11.8. The van der Waals surface area contributed by atoms with Gasteiger partial charge in [0.1, 0.15) is 5.82 Å². The van der Waals surface area contributed by atoms with Crippen molar-refractivity contribution in [3.63, 3.8) is 0 Å². The van der Waals surface area contributed by atoms with Gasteiger partial charge < -0.3 is 11.1 Å². The van der Waals surface area contributed by atoms with Gasteiger partial charge in [-0.1, -0.05) is 35.9 Å². The summed E-state index contributed by atoms with van der Waals surface area (Å²) in [7, 11) is 0. The molecule has 4 N–H and O–H groups in total. The third-order valence-electron chi connectivity index (χ3n) is 4.92. The van der Waals surface area contributed by atoms with Gasteiger partial charge in [0.25, 0.3) is 5.56 Å². The van der Waals surface area contributed by atoms with E-state index in [1.165, 1.54) is 12.1 Å². The van der Waals surface area contributed by atoms with E-state index < -0.39 is 0 Å². The first kappa shape index (κ1) is 21.7. The van der Waals surface area contributed by atoms with Crippen molar-refractivity contribution in [2.75, 3.05) is 11.9 Å². The van der Waals surface area contributed by atoms with Crippen molar-refractivity contribution in [2.45, 2.75) is 12.5 Å². The van der Waals surface area contributed by atoms with Crippen LogP contribution in [0, 0.1) is 5.82 Å². The second kappa shape index (κ2) is 9.72. The Morgan fingerprint density at radius 1 is 1.06 bits per heavy atom. The average molecular weight is 450 g/mol. The number of nitrogens with two attached hydrogens (primary N) is 1. The Morgan fingerprint density at radius 2 is 1.81 bits per heavy atom. The summed E-state index contributed by atoms with van der Waals surface area (Å²) in [6.07, 6.45) is 3.87. The van der Waals surface area contributed by atoms with Crippen molar-refractivity contribution < 1.29 is 4.39 Å². The van der Waals surface area contributed by atoms with E-state index >= 15 is 0 Å². The van der Waals surface area contributed by atoms with Crippen molar-refractivity contribution in [1.82, 2.24) is 15.0 Å². The number of nitrogens with zero attached hydrogens (tertiary/aromatic N) is 2. The van der Waals surface area contributed by atoms with E-state index in [4.69, 9.17) is 17.3 Å². The summed E-state index contributed by atoms with van der Waals surface area (Å²) in [5.41, 5.74) is 9.04. The molecule has 1 unspecified atom stereocenters. The fourth-order valence-corrected chi connectivity index (χ4v) is 3.64. The van der Waals surface area contributed by atoms with Gasteiger partial charge in [0.2, 0.25) is 5.95 Å². The van der Waals surface area contributed by atoms with Crippen LogP contribution >= 0.6 is 11.6 Å². The molecule has 0 aliphatic rings. The van der Waals surface area contributed by atoms with Crippen LogP contribution < -0.4 is 16.6 Å². The molecule has 6 nitrogen and oxygen atoms in total. The summed E-state index contributed by atoms with van der Waals surface area (Å²) >= 11 is 6.04. The monoisotopic (exact) mass is 449 g/mol. The van der Waals surface area contributed by atoms with Gasteiger partial charge in [0, 0.05) is 35.6 Å². The molecule has 4 rings (SSSR count). The van der Waals surface area contributed by atoms with Crippen molar-refractivity contribution in [1.29, 1.82) is 0 Å². The number of benzene rings is 2. The molecule has 0 saturated carbocycles. The molecule has 1 atom stereocenters. The molecule has 32 heavy (non-hydrogen) atoms. The Hall–Kier alpha value is -3.55. The lowest BCUT2D eigenvalue weighted by Crippen LogP contribution is -2.32. The number of halogens is 2. The summed E-state index contributed by atoms with van der Waals surface area (Å²) in [5.74, 6) is -0.0789. The highest BCUT2D eigenvalue weighted by atomic mass is 35.5. The van der Waals surface area contributed by atoms with Gasteiger partial charge in [-0.3, -0.25) is 14.8 Å². The van der Waals surface area contributed by atoms with Gasteiger partial charge in [0.15, 0.2) is 0 Å². The molecule has 0 spiro atoms. The van der Waals surface area contributed by atoms with Crippen LogP contribution in [0.15, 0.2) is 77.9 Å². The summed E-state index contributed by atoms with van der Waals surface area (Å²) < 4.78 is 13.4. The smallest absolute Gasteiger partial charge is 0.260 e. The van der Waals surface area contributed by atoms with E-state index in [1.54, 1.807) is 36.7 Å². The standard InChI is InChI=1S/C24H21ClFN5O/c25-18-3-1-2-15(12-18)13-20(27)14-29-24-30-22(17-8-10-28-11-9-17)21(23(32)31-24)16-4-6-19(26)7-5-16/h1-12,20H,13-14,27H2,(H2,29,30,31,32). The summed E-state index contributed by atoms with van der Waals surface area (Å²) in [5, 5.41) is 3.78. The van der Waals surface area contributed by atoms with Gasteiger partial charge in [0.05, 0.1) is 11.3 Å². The summed E-state index contributed by atoms with van der Waals surface area (Å²) in [4.78, 5) is 24.4. The first-order valence-electron chi connectivity index (χ1n) is 10.0. The zero-order chi connectivity index (χ0) is 22.5. The molecule has 0 amide bonds. The Bertz CT molecular complexity index is 1260. The minimum Gasteiger partial charge on any atom is -0.354 e. The number of hydrogen-bond acceptors (Lipinski definition) is 5. The average Bonchev–Trinajstić information content (AvgIpc) is 2.79. The van der Waals surface area contributed by atoms with Gasteiger partial charge in [-0.25, -0.2) is 9.37 Å². The Labute approximate surface area is 189 Å². The molecule has 2 aromatic carbocycles. The second-order valence-electron chi connectivity index (χ2n) is 7.36. The molecule has 0 aliphatic carbocycles. The third-order valence-corrected chi connectivity index (χ3v) is 5.16. The lowest BCUT2D eigenvalue weighted by molar-refractivity contribution is 0.628. The molecule has 0 radical (unpaired) electrons. The van der Waals surface area contributed by atoms with Crippen LogP contribution in [-0.4, -0.2) is 27.5 Å². The fraction of sp³-hybridized carbons (Fsp3) is 0.125. The first-order valence-corrected chi connectivity index (χ1v) is 10.4. The molecule has 162 valence electrons. The minimum absolute atomic E-state index is 0.222. The molecular weight excluding hydrogens is 429 g/mol. The maximum Gasteiger partial charge on any atom is 0.260 e. The molecule has 2 aromatic heterocycles. The van der Waals surface area contributed by atoms with Gasteiger partial charge in [-0.05, 0) is 53.9 Å². The van der Waals surface area contributed by atoms with Gasteiger partial charge >= 0.3 is 0 Å². The van der Waals surface area contributed by atoms with Crippen molar-refractivity contribution in [3.8, 4) is 22.4 Å². The number of rotatable bonds is 7. The highest BCUT2D eigenvalue weighted by Gasteiger charge is 2.16. The van der Waals surface area contributed by atoms with Gasteiger partial charge in [-0.2, -0.15) is 0 Å². The predicted octanol–water partition coefficient (Wildman–Crippen LogP) is 4.27. The van der Waals surface area contributed by atoms with E-state index in [2.05, 4.69) is 20.3 Å². The topological polar surface area (TPSA) is 96.7 Å². The zero-order valence-electron chi connectivity index (χ0n) is 17.1. The lowest BCUT2D eigenvalue weighted by Gasteiger charge is -2.15. The number of aromatic nitrogens is 3. The van der Waals surface area contributed by atoms with Crippen LogP contribution in [-0.2, 0) is 6.42 Å². The molecule has 0 bridgehead atoms. The highest BCUT2D eigenvalue weighted by molar-refractivity contribution is 6.30. The predicted molar refractivity (Wildman–Crippen MR) is 125 cm³/mol. The van der Waals surface area contributed by atoms with Crippen molar-refractivity contribution >= 4 is 17.5 Å². The number of nitrogens with one attached hydrogen (secondary N) is 2. The van der Waals surface area contributed by atoms with E-state index in [1.807, 2.05) is 24.3 Å². The zero-order valence-corrected chi connectivity index (χ0v) is 17.8. The molecule has 0 fully saturated rings. The number of pyridine rings is 1. The maximum atomic E-state index is 13.4. The van der Waals surface area contributed by atoms with E-state index in [0.29, 0.717) is 40.8 Å². The Balaban J connectivity index is 1.62. The molecule has 0 aliphatic heterocycles. The summed E-state index contributed by atoms with van der Waals surface area (Å²) in [6.45, 7) is 0.390. The molecule has 2 heterocycles. The number of H-pyrrole nitrogens is 1. The lowest BCUT2D eigenvalue weighted by atomic mass is 10.0.